The van der Waals surface area contributed by atoms with Crippen molar-refractivity contribution in [3.8, 4) is 0 Å². The van der Waals surface area contributed by atoms with Crippen molar-refractivity contribution in [2.45, 2.75) is 31.7 Å². The van der Waals surface area contributed by atoms with Crippen LogP contribution in [0.15, 0.2) is 54.7 Å². The first-order valence-electron chi connectivity index (χ1n) is 11.0. The number of nitrogens with zero attached hydrogens (tertiary/aromatic N) is 1. The third kappa shape index (κ3) is 4.89. The summed E-state index contributed by atoms with van der Waals surface area (Å²) in [5, 5.41) is 10.7. The number of H-pyrrole nitrogens is 1. The monoisotopic (exact) mass is 418 g/mol. The molecule has 2 aromatic carbocycles. The Kier molecular flexibility index (Phi) is 6.85. The van der Waals surface area contributed by atoms with E-state index in [-0.39, 0.29) is 12.6 Å². The third-order valence-corrected chi connectivity index (χ3v) is 6.21. The molecule has 0 aliphatic heterocycles. The highest BCUT2D eigenvalue weighted by atomic mass is 16.5. The summed E-state index contributed by atoms with van der Waals surface area (Å²) in [5.74, 6) is -0.342. The average molecular weight is 419 g/mol. The maximum Gasteiger partial charge on any atom is 0.330 e. The van der Waals surface area contributed by atoms with Crippen molar-refractivity contribution < 1.29 is 14.6 Å². The number of nitrogens with one attached hydrogen (secondary N) is 1. The lowest BCUT2D eigenvalue weighted by Crippen LogP contribution is -2.31. The first-order valence-corrected chi connectivity index (χ1v) is 11.0. The van der Waals surface area contributed by atoms with Crippen LogP contribution in [0, 0.1) is 0 Å². The molecule has 0 bridgehead atoms. The van der Waals surface area contributed by atoms with Crippen LogP contribution in [0.2, 0.25) is 0 Å². The van der Waals surface area contributed by atoms with Gasteiger partial charge in [0.05, 0.1) is 7.11 Å². The maximum absolute atomic E-state index is 11.4. The van der Waals surface area contributed by atoms with E-state index in [2.05, 4.69) is 63.3 Å². The molecule has 1 aromatic heterocycles. The summed E-state index contributed by atoms with van der Waals surface area (Å²) in [7, 11) is 1.39. The van der Waals surface area contributed by atoms with Gasteiger partial charge in [0.25, 0.3) is 0 Å². The zero-order valence-electron chi connectivity index (χ0n) is 18.0. The van der Waals surface area contributed by atoms with Crippen molar-refractivity contribution in [2.75, 3.05) is 26.8 Å². The molecule has 0 saturated carbocycles. The largest absolute Gasteiger partial charge is 0.466 e. The number of hydrogen-bond acceptors (Lipinski definition) is 4. The quantitative estimate of drug-likeness (QED) is 0.402. The number of rotatable bonds is 9. The van der Waals surface area contributed by atoms with E-state index in [0.717, 1.165) is 44.3 Å². The zero-order chi connectivity index (χ0) is 21.6. The standard InChI is InChI=1S/C26H30N2O3/c1-31-26(30)12-8-19-7-10-23-20(17-19)9-11-25(23)28(14-4-16-29)15-13-21-18-27-24-6-3-2-5-22(21)24/h2-3,5-8,10,12,17-18,25,27,29H,4,9,11,13-16H2,1H3/b12-8+. The maximum atomic E-state index is 11.4. The fourth-order valence-corrected chi connectivity index (χ4v) is 4.63. The molecule has 1 aliphatic carbocycles. The minimum Gasteiger partial charge on any atom is -0.466 e. The van der Waals surface area contributed by atoms with Crippen LogP contribution in [0.5, 0.6) is 0 Å². The van der Waals surface area contributed by atoms with E-state index in [1.165, 1.54) is 40.8 Å². The molecule has 5 nitrogen and oxygen atoms in total. The Balaban J connectivity index is 1.50. The van der Waals surface area contributed by atoms with Gasteiger partial charge >= 0.3 is 5.97 Å². The van der Waals surface area contributed by atoms with Gasteiger partial charge in [0.15, 0.2) is 0 Å². The number of hydrogen-bond donors (Lipinski definition) is 2. The molecule has 5 heteroatoms. The van der Waals surface area contributed by atoms with E-state index >= 15 is 0 Å². The summed E-state index contributed by atoms with van der Waals surface area (Å²) in [6.07, 6.45) is 9.25. The number of aromatic amines is 1. The topological polar surface area (TPSA) is 65.6 Å². The van der Waals surface area contributed by atoms with Gasteiger partial charge in [0.1, 0.15) is 0 Å². The smallest absolute Gasteiger partial charge is 0.330 e. The van der Waals surface area contributed by atoms with Gasteiger partial charge in [0, 0.05) is 48.9 Å². The fraction of sp³-hybridized carbons (Fsp3) is 0.346. The molecule has 162 valence electrons. The van der Waals surface area contributed by atoms with Crippen molar-refractivity contribution in [1.82, 2.24) is 9.88 Å². The molecule has 1 unspecified atom stereocenters. The normalized spacial score (nSPS) is 15.8. The number of carbonyl (C=O) groups excluding carboxylic acids is 1. The summed E-state index contributed by atoms with van der Waals surface area (Å²) >= 11 is 0. The third-order valence-electron chi connectivity index (χ3n) is 6.21. The average Bonchev–Trinajstić information content (AvgIpc) is 3.41. The van der Waals surface area contributed by atoms with Crippen molar-refractivity contribution in [2.24, 2.45) is 0 Å². The highest BCUT2D eigenvalue weighted by molar-refractivity contribution is 5.87. The van der Waals surface area contributed by atoms with E-state index < -0.39 is 0 Å². The van der Waals surface area contributed by atoms with Crippen molar-refractivity contribution >= 4 is 22.9 Å². The summed E-state index contributed by atoms with van der Waals surface area (Å²) in [4.78, 5) is 17.3. The van der Waals surface area contributed by atoms with Gasteiger partial charge in [-0.25, -0.2) is 4.79 Å². The Morgan fingerprint density at radius 3 is 2.97 bits per heavy atom. The Labute approximate surface area is 183 Å². The van der Waals surface area contributed by atoms with E-state index in [0.29, 0.717) is 6.04 Å². The summed E-state index contributed by atoms with van der Waals surface area (Å²) in [6.45, 7) is 2.04. The van der Waals surface area contributed by atoms with E-state index in [4.69, 9.17) is 0 Å². The van der Waals surface area contributed by atoms with Gasteiger partial charge in [-0.2, -0.15) is 0 Å². The number of benzene rings is 2. The van der Waals surface area contributed by atoms with Crippen LogP contribution >= 0.6 is 0 Å². The number of methoxy groups -OCH3 is 1. The van der Waals surface area contributed by atoms with Crippen LogP contribution in [0.1, 0.15) is 41.1 Å². The number of aryl methyl sites for hydroxylation is 1. The van der Waals surface area contributed by atoms with Gasteiger partial charge in [-0.05, 0) is 60.1 Å². The van der Waals surface area contributed by atoms with Crippen molar-refractivity contribution in [1.29, 1.82) is 0 Å². The molecule has 0 radical (unpaired) electrons. The molecule has 2 N–H and O–H groups in total. The fourth-order valence-electron chi connectivity index (χ4n) is 4.63. The van der Waals surface area contributed by atoms with Crippen LogP contribution in [0.25, 0.3) is 17.0 Å². The second kappa shape index (κ2) is 9.94. The molecule has 31 heavy (non-hydrogen) atoms. The number of carbonyl (C=O) groups is 1. The van der Waals surface area contributed by atoms with Gasteiger partial charge in [-0.1, -0.05) is 36.4 Å². The van der Waals surface area contributed by atoms with Gasteiger partial charge in [-0.15, -0.1) is 0 Å². The zero-order valence-corrected chi connectivity index (χ0v) is 18.0. The number of para-hydroxylation sites is 1. The number of aromatic nitrogens is 1. The van der Waals surface area contributed by atoms with Crippen molar-refractivity contribution in [3.63, 3.8) is 0 Å². The Morgan fingerprint density at radius 2 is 2.13 bits per heavy atom. The minimum absolute atomic E-state index is 0.209. The molecule has 0 fully saturated rings. The van der Waals surface area contributed by atoms with E-state index in [1.807, 2.05) is 0 Å². The number of aliphatic hydroxyl groups excluding tert-OH is 1. The molecular weight excluding hydrogens is 388 g/mol. The van der Waals surface area contributed by atoms with Crippen LogP contribution in [0.4, 0.5) is 0 Å². The summed E-state index contributed by atoms with van der Waals surface area (Å²) in [6, 6.07) is 15.2. The Bertz CT molecular complexity index is 1070. The predicted octanol–water partition coefficient (Wildman–Crippen LogP) is 4.27. The number of ether oxygens (including phenoxy) is 1. The Morgan fingerprint density at radius 1 is 1.26 bits per heavy atom. The van der Waals surface area contributed by atoms with Crippen LogP contribution in [-0.2, 0) is 22.4 Å². The first-order chi connectivity index (χ1) is 15.2. The summed E-state index contributed by atoms with van der Waals surface area (Å²) < 4.78 is 4.68. The molecule has 4 rings (SSSR count). The second-order valence-electron chi connectivity index (χ2n) is 8.09. The lowest BCUT2D eigenvalue weighted by atomic mass is 10.0. The molecule has 1 atom stereocenters. The molecule has 0 saturated heterocycles. The van der Waals surface area contributed by atoms with Gasteiger partial charge < -0.3 is 14.8 Å². The van der Waals surface area contributed by atoms with Crippen LogP contribution < -0.4 is 0 Å². The number of aliphatic hydroxyl groups is 1. The Hall–Kier alpha value is -2.89. The summed E-state index contributed by atoms with van der Waals surface area (Å²) in [5.41, 5.74) is 6.25. The van der Waals surface area contributed by atoms with Gasteiger partial charge in [0.2, 0.25) is 0 Å². The lowest BCUT2D eigenvalue weighted by Gasteiger charge is -2.29. The van der Waals surface area contributed by atoms with E-state index in [1.54, 1.807) is 6.08 Å². The van der Waals surface area contributed by atoms with Gasteiger partial charge in [-0.3, -0.25) is 4.90 Å². The second-order valence-corrected chi connectivity index (χ2v) is 8.09. The lowest BCUT2D eigenvalue weighted by molar-refractivity contribution is -0.134. The predicted molar refractivity (Wildman–Crippen MR) is 124 cm³/mol. The SMILES string of the molecule is COC(=O)/C=C/c1ccc2c(c1)CCC2N(CCCO)CCc1c[nH]c2ccccc12. The van der Waals surface area contributed by atoms with Crippen LogP contribution in [-0.4, -0.2) is 47.8 Å². The number of fused-ring (bicyclic) bond motifs is 2. The minimum atomic E-state index is -0.342. The molecular formula is C26H30N2O3. The number of esters is 1. The van der Waals surface area contributed by atoms with Crippen LogP contribution in [0.3, 0.4) is 0 Å². The molecule has 0 spiro atoms. The highest BCUT2D eigenvalue weighted by Gasteiger charge is 2.27. The van der Waals surface area contributed by atoms with E-state index in [9.17, 15) is 9.90 Å². The van der Waals surface area contributed by atoms with Crippen molar-refractivity contribution in [3.05, 3.63) is 77.0 Å². The molecule has 3 aromatic rings. The molecule has 1 aliphatic rings. The first kappa shape index (κ1) is 21.3. The molecule has 0 amide bonds. The molecule has 1 heterocycles. The highest BCUT2D eigenvalue weighted by Crippen LogP contribution is 2.37.